The molecule has 62 heavy (non-hydrogen) atoms. The number of nitrogens with zero attached hydrogens (tertiary/aromatic N) is 6. The number of carbonyl (C=O) groups excluding carboxylic acids is 3. The van der Waals surface area contributed by atoms with Gasteiger partial charge in [-0.25, -0.2) is 9.97 Å². The number of amides is 3. The Hall–Kier alpha value is -5.95. The van der Waals surface area contributed by atoms with E-state index in [0.29, 0.717) is 36.0 Å². The highest BCUT2D eigenvalue weighted by Gasteiger charge is 2.45. The van der Waals surface area contributed by atoms with Crippen LogP contribution in [0.5, 0.6) is 0 Å². The van der Waals surface area contributed by atoms with Gasteiger partial charge in [-0.2, -0.15) is 4.98 Å². The molecule has 3 aromatic heterocycles. The lowest BCUT2D eigenvalue weighted by atomic mass is 9.74. The first-order valence-electron chi connectivity index (χ1n) is 22.3. The molecule has 6 heterocycles. The molecule has 3 amide bonds. The number of aromatic amines is 1. The molecule has 0 radical (unpaired) electrons. The molecule has 3 aromatic carbocycles. The van der Waals surface area contributed by atoms with Crippen LogP contribution in [0.4, 0.5) is 5.69 Å². The standard InChI is InChI=1S/C49H55N9O4/c1-28-22-32(10-12-36(28)29(2)52-45(61)46-55-47(56-62-46)48(3,4)5)42-41-38-13-11-34(25-39(38)53-43(41)51-27-50-42)57-19-16-49(17-20-57)18-21-58(26-49)35-23-33(24-35)30-6-8-31(9-7-30)37-14-15-40(59)54-44(37)60/h6-13,22,25,27,29,33,35,37H,14-21,23-24,26H2,1-5H3,(H,52,61)(H,50,51,53)(H,54,59,60)/t29-,33?,35?,37-/m1/s1. The summed E-state index contributed by atoms with van der Waals surface area (Å²) in [6.45, 7) is 14.4. The summed E-state index contributed by atoms with van der Waals surface area (Å²) in [5.41, 5.74) is 9.42. The number of fused-ring (bicyclic) bond motifs is 3. The van der Waals surface area contributed by atoms with E-state index in [-0.39, 0.29) is 35.1 Å². The van der Waals surface area contributed by atoms with Crippen LogP contribution in [0.3, 0.4) is 0 Å². The Labute approximate surface area is 361 Å². The van der Waals surface area contributed by atoms with E-state index >= 15 is 0 Å². The fraction of sp³-hybridized carbons (Fsp3) is 0.449. The highest BCUT2D eigenvalue weighted by Crippen LogP contribution is 2.47. The normalized spacial score (nSPS) is 22.3. The van der Waals surface area contributed by atoms with Gasteiger partial charge in [0.25, 0.3) is 0 Å². The number of aryl methyl sites for hydroxylation is 1. The lowest BCUT2D eigenvalue weighted by molar-refractivity contribution is -0.134. The number of hydrogen-bond acceptors (Lipinski definition) is 10. The molecule has 2 atom stereocenters. The lowest BCUT2D eigenvalue weighted by Crippen LogP contribution is -2.46. The molecule has 13 nitrogen and oxygen atoms in total. The molecule has 1 aliphatic carbocycles. The number of nitrogens with one attached hydrogen (secondary N) is 3. The number of piperidine rings is 2. The number of hydrogen-bond donors (Lipinski definition) is 3. The molecule has 4 fully saturated rings. The molecular formula is C49H55N9O4. The highest BCUT2D eigenvalue weighted by atomic mass is 16.5. The third-order valence-electron chi connectivity index (χ3n) is 14.4. The fourth-order valence-electron chi connectivity index (χ4n) is 10.5. The van der Waals surface area contributed by atoms with Crippen molar-refractivity contribution in [3.05, 3.63) is 101 Å². The average molecular weight is 834 g/mol. The maximum absolute atomic E-state index is 13.0. The number of anilines is 1. The highest BCUT2D eigenvalue weighted by molar-refractivity contribution is 6.12. The average Bonchev–Trinajstić information content (AvgIpc) is 3.99. The summed E-state index contributed by atoms with van der Waals surface area (Å²) >= 11 is 0. The molecule has 1 spiro atoms. The van der Waals surface area contributed by atoms with Gasteiger partial charge in [0.15, 0.2) is 5.82 Å². The quantitative estimate of drug-likeness (QED) is 0.128. The van der Waals surface area contributed by atoms with Crippen molar-refractivity contribution in [2.45, 2.75) is 109 Å². The van der Waals surface area contributed by atoms with Crippen molar-refractivity contribution >= 4 is 45.3 Å². The molecule has 3 aliphatic heterocycles. The van der Waals surface area contributed by atoms with Gasteiger partial charge in [0.1, 0.15) is 12.0 Å². The number of imide groups is 1. The summed E-state index contributed by atoms with van der Waals surface area (Å²) in [6, 6.07) is 22.0. The van der Waals surface area contributed by atoms with Crippen LogP contribution in [0.2, 0.25) is 0 Å². The predicted octanol–water partition coefficient (Wildman–Crippen LogP) is 8.02. The van der Waals surface area contributed by atoms with Gasteiger partial charge in [-0.3, -0.25) is 24.6 Å². The third-order valence-corrected chi connectivity index (χ3v) is 14.4. The van der Waals surface area contributed by atoms with E-state index in [0.717, 1.165) is 63.0 Å². The zero-order valence-electron chi connectivity index (χ0n) is 36.3. The third kappa shape index (κ3) is 7.43. The van der Waals surface area contributed by atoms with Crippen molar-refractivity contribution < 1.29 is 18.9 Å². The van der Waals surface area contributed by atoms with Gasteiger partial charge >= 0.3 is 11.8 Å². The Morgan fingerprint density at radius 2 is 1.71 bits per heavy atom. The van der Waals surface area contributed by atoms with Crippen molar-refractivity contribution in [1.82, 2.24) is 40.6 Å². The summed E-state index contributed by atoms with van der Waals surface area (Å²) in [4.78, 5) is 59.6. The Morgan fingerprint density at radius 3 is 2.44 bits per heavy atom. The first-order chi connectivity index (χ1) is 29.8. The minimum Gasteiger partial charge on any atom is -0.371 e. The number of H-pyrrole nitrogens is 1. The first kappa shape index (κ1) is 40.1. The number of aromatic nitrogens is 5. The summed E-state index contributed by atoms with van der Waals surface area (Å²) in [5, 5.41) is 11.6. The van der Waals surface area contributed by atoms with Gasteiger partial charge in [-0.15, -0.1) is 0 Å². The Kier molecular flexibility index (Phi) is 10.00. The minimum atomic E-state index is -0.400. The van der Waals surface area contributed by atoms with Gasteiger partial charge in [0.05, 0.1) is 23.0 Å². The van der Waals surface area contributed by atoms with Crippen LogP contribution in [0.1, 0.15) is 129 Å². The Morgan fingerprint density at radius 1 is 0.952 bits per heavy atom. The van der Waals surface area contributed by atoms with Crippen molar-refractivity contribution in [3.63, 3.8) is 0 Å². The monoisotopic (exact) mass is 833 g/mol. The van der Waals surface area contributed by atoms with Gasteiger partial charge in [0.2, 0.25) is 11.8 Å². The molecule has 10 rings (SSSR count). The Balaban J connectivity index is 0.762. The predicted molar refractivity (Wildman–Crippen MR) is 238 cm³/mol. The van der Waals surface area contributed by atoms with Gasteiger partial charge < -0.3 is 19.7 Å². The maximum Gasteiger partial charge on any atom is 0.315 e. The number of benzene rings is 3. The van der Waals surface area contributed by atoms with Crippen LogP contribution < -0.4 is 15.5 Å². The molecule has 1 saturated carbocycles. The van der Waals surface area contributed by atoms with E-state index in [2.05, 4.69) is 102 Å². The molecule has 13 heteroatoms. The van der Waals surface area contributed by atoms with E-state index < -0.39 is 5.91 Å². The SMILES string of the molecule is Cc1cc(-c2ncnc3[nH]c4cc(N5CCC6(CC5)CCN(C5CC(c7ccc([C@H]8CCC(=O)NC8=O)cc7)C5)C6)ccc4c23)ccc1[C@@H](C)NC(=O)c1nc(C(C)(C)C)no1. The molecule has 320 valence electrons. The summed E-state index contributed by atoms with van der Waals surface area (Å²) in [7, 11) is 0. The van der Waals surface area contributed by atoms with E-state index in [9.17, 15) is 14.4 Å². The first-order valence-corrected chi connectivity index (χ1v) is 22.3. The molecule has 4 aliphatic rings. The van der Waals surface area contributed by atoms with Gasteiger partial charge in [-0.05, 0) is 111 Å². The molecule has 3 N–H and O–H groups in total. The molecular weight excluding hydrogens is 779 g/mol. The van der Waals surface area contributed by atoms with Crippen molar-refractivity contribution in [1.29, 1.82) is 0 Å². The second-order valence-electron chi connectivity index (χ2n) is 19.4. The van der Waals surface area contributed by atoms with E-state index in [4.69, 9.17) is 9.51 Å². The van der Waals surface area contributed by atoms with Crippen molar-refractivity contribution in [2.75, 3.05) is 31.1 Å². The zero-order valence-corrected chi connectivity index (χ0v) is 36.3. The topological polar surface area (TPSA) is 162 Å². The molecule has 6 aromatic rings. The van der Waals surface area contributed by atoms with Crippen molar-refractivity contribution in [2.24, 2.45) is 5.41 Å². The zero-order chi connectivity index (χ0) is 42.9. The van der Waals surface area contributed by atoms with Crippen LogP contribution in [0, 0.1) is 12.3 Å². The van der Waals surface area contributed by atoms with Crippen LogP contribution >= 0.6 is 0 Å². The van der Waals surface area contributed by atoms with Crippen LogP contribution in [0.15, 0.2) is 71.5 Å². The number of carbonyl (C=O) groups is 3. The molecule has 0 bridgehead atoms. The van der Waals surface area contributed by atoms with E-state index in [1.165, 1.54) is 56.4 Å². The van der Waals surface area contributed by atoms with Gasteiger partial charge in [0, 0.05) is 59.7 Å². The number of likely N-dealkylation sites (tertiary alicyclic amines) is 1. The van der Waals surface area contributed by atoms with Crippen molar-refractivity contribution in [3.8, 4) is 11.3 Å². The molecule has 0 unspecified atom stereocenters. The molecule has 3 saturated heterocycles. The largest absolute Gasteiger partial charge is 0.371 e. The maximum atomic E-state index is 13.0. The smallest absolute Gasteiger partial charge is 0.315 e. The Bertz CT molecular complexity index is 2700. The van der Waals surface area contributed by atoms with Crippen LogP contribution in [-0.2, 0) is 15.0 Å². The second-order valence-corrected chi connectivity index (χ2v) is 19.4. The van der Waals surface area contributed by atoms with Crippen LogP contribution in [0.25, 0.3) is 33.2 Å². The van der Waals surface area contributed by atoms with Gasteiger partial charge in [-0.1, -0.05) is 68.4 Å². The van der Waals surface area contributed by atoms with Crippen LogP contribution in [-0.4, -0.2) is 79.9 Å². The van der Waals surface area contributed by atoms with E-state index in [1.807, 2.05) is 33.8 Å². The van der Waals surface area contributed by atoms with E-state index in [1.54, 1.807) is 6.33 Å². The summed E-state index contributed by atoms with van der Waals surface area (Å²) < 4.78 is 5.27. The number of rotatable bonds is 8. The second kappa shape index (κ2) is 15.4. The summed E-state index contributed by atoms with van der Waals surface area (Å²) in [5.74, 6) is 0.0608. The lowest BCUT2D eigenvalue weighted by Gasteiger charge is -2.44. The minimum absolute atomic E-state index is 0.0403. The fourth-order valence-corrected chi connectivity index (χ4v) is 10.5. The summed E-state index contributed by atoms with van der Waals surface area (Å²) in [6.07, 6.45) is 8.70.